The zero-order valence-corrected chi connectivity index (χ0v) is 12.2. The van der Waals surface area contributed by atoms with Crippen LogP contribution in [0.1, 0.15) is 45.4 Å². The van der Waals surface area contributed by atoms with Gasteiger partial charge in [-0.3, -0.25) is 0 Å². The summed E-state index contributed by atoms with van der Waals surface area (Å²) in [5, 5.41) is 4.44. The number of nitrogens with zero attached hydrogens (tertiary/aromatic N) is 2. The molecule has 0 spiro atoms. The summed E-state index contributed by atoms with van der Waals surface area (Å²) in [6, 6.07) is 5.75. The van der Waals surface area contributed by atoms with Crippen LogP contribution in [0.5, 0.6) is 0 Å². The van der Waals surface area contributed by atoms with Crippen LogP contribution in [0.4, 0.5) is 11.5 Å². The summed E-state index contributed by atoms with van der Waals surface area (Å²) in [6.07, 6.45) is 9.39. The summed E-state index contributed by atoms with van der Waals surface area (Å²) in [6.45, 7) is 3.21. The predicted octanol–water partition coefficient (Wildman–Crippen LogP) is 3.98. The fraction of sp³-hybridized carbons (Fsp3) is 0.500. The van der Waals surface area contributed by atoms with E-state index in [-0.39, 0.29) is 0 Å². The molecule has 4 heteroatoms. The molecule has 0 saturated heterocycles. The molecule has 4 nitrogen and oxygen atoms in total. The van der Waals surface area contributed by atoms with Gasteiger partial charge in [0.25, 0.3) is 0 Å². The van der Waals surface area contributed by atoms with E-state index in [9.17, 15) is 0 Å². The van der Waals surface area contributed by atoms with Crippen LogP contribution in [0.25, 0.3) is 10.9 Å². The summed E-state index contributed by atoms with van der Waals surface area (Å²) < 4.78 is 0. The normalized spacial score (nSPS) is 10.8. The molecular formula is C16H24N4. The van der Waals surface area contributed by atoms with E-state index in [2.05, 4.69) is 22.2 Å². The smallest absolute Gasteiger partial charge is 0.137 e. The molecule has 0 unspecified atom stereocenters. The molecule has 0 fully saturated rings. The van der Waals surface area contributed by atoms with E-state index in [1.165, 1.54) is 38.5 Å². The second-order valence-corrected chi connectivity index (χ2v) is 5.19. The summed E-state index contributed by atoms with van der Waals surface area (Å²) in [5.41, 5.74) is 7.40. The molecule has 2 rings (SSSR count). The maximum atomic E-state index is 5.77. The van der Waals surface area contributed by atoms with E-state index >= 15 is 0 Å². The number of unbranched alkanes of at least 4 members (excludes halogenated alkanes) is 5. The number of aromatic nitrogens is 2. The zero-order valence-electron chi connectivity index (χ0n) is 12.2. The Morgan fingerprint density at radius 2 is 1.85 bits per heavy atom. The topological polar surface area (TPSA) is 63.8 Å². The van der Waals surface area contributed by atoms with Crippen molar-refractivity contribution in [2.75, 3.05) is 17.6 Å². The monoisotopic (exact) mass is 272 g/mol. The largest absolute Gasteiger partial charge is 0.399 e. The van der Waals surface area contributed by atoms with Crippen LogP contribution < -0.4 is 11.1 Å². The summed E-state index contributed by atoms with van der Waals surface area (Å²) in [7, 11) is 0. The average molecular weight is 272 g/mol. The Morgan fingerprint density at radius 3 is 2.70 bits per heavy atom. The van der Waals surface area contributed by atoms with Crippen LogP contribution >= 0.6 is 0 Å². The van der Waals surface area contributed by atoms with Gasteiger partial charge in [-0.1, -0.05) is 39.0 Å². The van der Waals surface area contributed by atoms with E-state index in [1.807, 2.05) is 18.2 Å². The van der Waals surface area contributed by atoms with Crippen LogP contribution in [0.15, 0.2) is 24.5 Å². The highest BCUT2D eigenvalue weighted by molar-refractivity contribution is 5.90. The Kier molecular flexibility index (Phi) is 5.59. The number of rotatable bonds is 8. The minimum Gasteiger partial charge on any atom is -0.399 e. The Labute approximate surface area is 120 Å². The number of nitrogens with one attached hydrogen (secondary N) is 1. The highest BCUT2D eigenvalue weighted by Gasteiger charge is 2.03. The molecule has 0 radical (unpaired) electrons. The zero-order chi connectivity index (χ0) is 14.2. The van der Waals surface area contributed by atoms with Gasteiger partial charge in [0.05, 0.1) is 5.52 Å². The number of hydrogen-bond donors (Lipinski definition) is 2. The molecule has 2 aromatic rings. The first-order valence-electron chi connectivity index (χ1n) is 7.55. The highest BCUT2D eigenvalue weighted by atomic mass is 15.0. The minimum atomic E-state index is 0.734. The maximum absolute atomic E-state index is 5.77. The van der Waals surface area contributed by atoms with Gasteiger partial charge in [0.15, 0.2) is 0 Å². The van der Waals surface area contributed by atoms with Gasteiger partial charge in [-0.15, -0.1) is 0 Å². The van der Waals surface area contributed by atoms with Crippen LogP contribution in [-0.4, -0.2) is 16.5 Å². The van der Waals surface area contributed by atoms with Gasteiger partial charge in [0, 0.05) is 17.6 Å². The molecule has 0 aliphatic rings. The molecule has 0 amide bonds. The molecule has 3 N–H and O–H groups in total. The molecule has 0 aliphatic carbocycles. The Balaban J connectivity index is 1.84. The van der Waals surface area contributed by atoms with E-state index in [4.69, 9.17) is 5.73 Å². The summed E-state index contributed by atoms with van der Waals surface area (Å²) >= 11 is 0. The quantitative estimate of drug-likeness (QED) is 0.563. The fourth-order valence-corrected chi connectivity index (χ4v) is 2.33. The van der Waals surface area contributed by atoms with Gasteiger partial charge in [-0.2, -0.15) is 0 Å². The molecule has 0 aliphatic heterocycles. The van der Waals surface area contributed by atoms with Crippen molar-refractivity contribution in [1.82, 2.24) is 9.97 Å². The van der Waals surface area contributed by atoms with Crippen LogP contribution in [-0.2, 0) is 0 Å². The minimum absolute atomic E-state index is 0.734. The fourth-order valence-electron chi connectivity index (χ4n) is 2.33. The van der Waals surface area contributed by atoms with Gasteiger partial charge in [-0.05, 0) is 24.6 Å². The Morgan fingerprint density at radius 1 is 1.05 bits per heavy atom. The molecule has 0 atom stereocenters. The number of nitrogens with two attached hydrogens (primary N) is 1. The van der Waals surface area contributed by atoms with Crippen molar-refractivity contribution in [1.29, 1.82) is 0 Å². The van der Waals surface area contributed by atoms with Crippen molar-refractivity contribution in [2.45, 2.75) is 45.4 Å². The standard InChI is InChI=1S/C16H24N4/c1-2-3-4-5-6-7-10-18-16-14-9-8-13(17)11-15(14)19-12-20-16/h8-9,11-12H,2-7,10,17H2,1H3,(H,18,19,20). The Bertz CT molecular complexity index is 539. The lowest BCUT2D eigenvalue weighted by Crippen LogP contribution is -2.04. The molecule has 108 valence electrons. The van der Waals surface area contributed by atoms with Crippen LogP contribution in [0.2, 0.25) is 0 Å². The van der Waals surface area contributed by atoms with Crippen molar-refractivity contribution in [3.05, 3.63) is 24.5 Å². The number of fused-ring (bicyclic) bond motifs is 1. The van der Waals surface area contributed by atoms with E-state index < -0.39 is 0 Å². The SMILES string of the molecule is CCCCCCCCNc1ncnc2cc(N)ccc12. The number of nitrogen functional groups attached to an aromatic ring is 1. The number of anilines is 2. The third-order valence-corrected chi connectivity index (χ3v) is 3.48. The summed E-state index contributed by atoms with van der Waals surface area (Å²) in [5.74, 6) is 0.906. The molecular weight excluding hydrogens is 248 g/mol. The third-order valence-electron chi connectivity index (χ3n) is 3.48. The average Bonchev–Trinajstić information content (AvgIpc) is 2.46. The first kappa shape index (κ1) is 14.6. The second kappa shape index (κ2) is 7.68. The molecule has 0 bridgehead atoms. The number of hydrogen-bond acceptors (Lipinski definition) is 4. The predicted molar refractivity (Wildman–Crippen MR) is 85.8 cm³/mol. The molecule has 1 heterocycles. The van der Waals surface area contributed by atoms with Gasteiger partial charge in [0.1, 0.15) is 12.1 Å². The van der Waals surface area contributed by atoms with Gasteiger partial charge >= 0.3 is 0 Å². The molecule has 0 saturated carbocycles. The first-order chi connectivity index (χ1) is 9.81. The maximum Gasteiger partial charge on any atom is 0.137 e. The molecule has 20 heavy (non-hydrogen) atoms. The van der Waals surface area contributed by atoms with Crippen molar-refractivity contribution < 1.29 is 0 Å². The van der Waals surface area contributed by atoms with Crippen molar-refractivity contribution >= 4 is 22.4 Å². The van der Waals surface area contributed by atoms with Crippen LogP contribution in [0.3, 0.4) is 0 Å². The van der Waals surface area contributed by atoms with Crippen molar-refractivity contribution in [3.8, 4) is 0 Å². The van der Waals surface area contributed by atoms with Crippen molar-refractivity contribution in [2.24, 2.45) is 0 Å². The van der Waals surface area contributed by atoms with Crippen LogP contribution in [0, 0.1) is 0 Å². The highest BCUT2D eigenvalue weighted by Crippen LogP contribution is 2.21. The lowest BCUT2D eigenvalue weighted by molar-refractivity contribution is 0.617. The van der Waals surface area contributed by atoms with Gasteiger partial charge in [-0.25, -0.2) is 9.97 Å². The first-order valence-corrected chi connectivity index (χ1v) is 7.55. The van der Waals surface area contributed by atoms with Crippen molar-refractivity contribution in [3.63, 3.8) is 0 Å². The second-order valence-electron chi connectivity index (χ2n) is 5.19. The Hall–Kier alpha value is -1.84. The summed E-state index contributed by atoms with van der Waals surface area (Å²) in [4.78, 5) is 8.57. The number of benzene rings is 1. The van der Waals surface area contributed by atoms with E-state index in [1.54, 1.807) is 6.33 Å². The lowest BCUT2D eigenvalue weighted by Gasteiger charge is -2.08. The third kappa shape index (κ3) is 4.08. The van der Waals surface area contributed by atoms with Gasteiger partial charge in [0.2, 0.25) is 0 Å². The molecule has 1 aromatic heterocycles. The lowest BCUT2D eigenvalue weighted by atomic mass is 10.1. The van der Waals surface area contributed by atoms with Gasteiger partial charge < -0.3 is 11.1 Å². The molecule has 1 aromatic carbocycles. The van der Waals surface area contributed by atoms with E-state index in [0.717, 1.165) is 29.0 Å². The van der Waals surface area contributed by atoms with E-state index in [0.29, 0.717) is 0 Å².